The molecule has 0 radical (unpaired) electrons. The van der Waals surface area contributed by atoms with Crippen LogP contribution in [0, 0.1) is 0 Å². The number of hydrogen-bond donors (Lipinski definition) is 2. The molecule has 0 unspecified atom stereocenters. The van der Waals surface area contributed by atoms with Gasteiger partial charge in [0.25, 0.3) is 0 Å². The van der Waals surface area contributed by atoms with Crippen molar-refractivity contribution in [2.45, 2.75) is 18.9 Å². The normalized spacial score (nSPS) is 13.8. The third kappa shape index (κ3) is 3.02. The maximum absolute atomic E-state index is 5.19. The Bertz CT molecular complexity index is 861. The molecule has 0 amide bonds. The Kier molecular flexibility index (Phi) is 3.77. The van der Waals surface area contributed by atoms with Gasteiger partial charge in [-0.05, 0) is 25.0 Å². The first-order valence-electron chi connectivity index (χ1n) is 7.51. The predicted octanol–water partition coefficient (Wildman–Crippen LogP) is 2.13. The molecule has 1 N–H and O–H groups in total. The van der Waals surface area contributed by atoms with E-state index in [9.17, 15) is 0 Å². The highest BCUT2D eigenvalue weighted by atomic mass is 32.1. The molecule has 2 aromatic heterocycles. The van der Waals surface area contributed by atoms with E-state index in [-0.39, 0.29) is 0 Å². The molecule has 0 aliphatic heterocycles. The molecular weight excluding hydrogens is 326 g/mol. The fourth-order valence-corrected chi connectivity index (χ4v) is 2.45. The Morgan fingerprint density at radius 2 is 2.12 bits per heavy atom. The van der Waals surface area contributed by atoms with Crippen LogP contribution in [0.4, 0.5) is 5.95 Å². The summed E-state index contributed by atoms with van der Waals surface area (Å²) in [7, 11) is 1.82. The molecule has 0 spiro atoms. The lowest BCUT2D eigenvalue weighted by molar-refractivity contribution is 0.660. The quantitative estimate of drug-likeness (QED) is 0.542. The van der Waals surface area contributed by atoms with Crippen molar-refractivity contribution in [3.05, 3.63) is 30.7 Å². The summed E-state index contributed by atoms with van der Waals surface area (Å²) in [6, 6.07) is 6.07. The van der Waals surface area contributed by atoms with Crippen LogP contribution in [0.3, 0.4) is 0 Å². The van der Waals surface area contributed by atoms with Gasteiger partial charge in [-0.15, -0.1) is 10.2 Å². The topological polar surface area (TPSA) is 90.6 Å². The van der Waals surface area contributed by atoms with E-state index in [2.05, 4.69) is 43.5 Å². The minimum absolute atomic E-state index is 0.485. The van der Waals surface area contributed by atoms with Crippen molar-refractivity contribution in [3.63, 3.8) is 0 Å². The standard InChI is InChI=1S/C15H15N7OS/c1-22-8-17-14(21-22)9-2-5-11(13(6-9)23-24)12-7-16-15(20-19-12)18-10-3-4-10/h2,5-8,10,24H,3-4H2,1H3,(H,16,18,20). The molecule has 8 nitrogen and oxygen atoms in total. The minimum Gasteiger partial charge on any atom is -0.428 e. The number of aromatic nitrogens is 6. The Hall–Kier alpha value is -2.68. The summed E-state index contributed by atoms with van der Waals surface area (Å²) in [6.45, 7) is 0. The van der Waals surface area contributed by atoms with Crippen LogP contribution >= 0.6 is 12.9 Å². The molecule has 1 aromatic carbocycles. The van der Waals surface area contributed by atoms with Gasteiger partial charge in [0.1, 0.15) is 17.8 Å². The van der Waals surface area contributed by atoms with Crippen LogP contribution in [-0.4, -0.2) is 36.0 Å². The minimum atomic E-state index is 0.485. The largest absolute Gasteiger partial charge is 0.428 e. The summed E-state index contributed by atoms with van der Waals surface area (Å²) in [6.07, 6.45) is 5.63. The van der Waals surface area contributed by atoms with Gasteiger partial charge in [0, 0.05) is 37.1 Å². The van der Waals surface area contributed by atoms with E-state index in [4.69, 9.17) is 4.18 Å². The van der Waals surface area contributed by atoms with E-state index in [0.717, 1.165) is 24.0 Å². The second kappa shape index (κ2) is 6.08. The summed E-state index contributed by atoms with van der Waals surface area (Å²) in [5.41, 5.74) is 2.19. The number of rotatable bonds is 5. The Labute approximate surface area is 143 Å². The lowest BCUT2D eigenvalue weighted by Crippen LogP contribution is -2.06. The molecule has 3 aromatic rings. The first kappa shape index (κ1) is 14.9. The van der Waals surface area contributed by atoms with Gasteiger partial charge in [-0.25, -0.2) is 9.97 Å². The fourth-order valence-electron chi connectivity index (χ4n) is 2.30. The van der Waals surface area contributed by atoms with Crippen molar-refractivity contribution in [1.82, 2.24) is 29.9 Å². The number of aryl methyl sites for hydroxylation is 1. The number of thiol groups is 1. The van der Waals surface area contributed by atoms with Crippen LogP contribution in [0.15, 0.2) is 30.7 Å². The third-order valence-electron chi connectivity index (χ3n) is 3.69. The van der Waals surface area contributed by atoms with Crippen LogP contribution in [0.2, 0.25) is 0 Å². The Balaban J connectivity index is 1.64. The van der Waals surface area contributed by atoms with Crippen molar-refractivity contribution in [2.75, 3.05) is 5.32 Å². The predicted molar refractivity (Wildman–Crippen MR) is 91.5 cm³/mol. The summed E-state index contributed by atoms with van der Waals surface area (Å²) < 4.78 is 6.84. The second-order valence-corrected chi connectivity index (χ2v) is 5.81. The van der Waals surface area contributed by atoms with E-state index >= 15 is 0 Å². The molecule has 2 heterocycles. The van der Waals surface area contributed by atoms with Crippen molar-refractivity contribution >= 4 is 18.9 Å². The van der Waals surface area contributed by atoms with E-state index in [1.54, 1.807) is 17.2 Å². The molecule has 0 atom stereocenters. The average Bonchev–Trinajstić information content (AvgIpc) is 3.32. The maximum atomic E-state index is 5.19. The van der Waals surface area contributed by atoms with E-state index in [0.29, 0.717) is 29.3 Å². The highest BCUT2D eigenvalue weighted by molar-refractivity contribution is 7.75. The van der Waals surface area contributed by atoms with Gasteiger partial charge in [-0.2, -0.15) is 5.10 Å². The molecule has 0 saturated heterocycles. The van der Waals surface area contributed by atoms with Gasteiger partial charge < -0.3 is 9.50 Å². The SMILES string of the molecule is Cn1cnc(-c2ccc(-c3cnc(NC4CC4)nn3)c(OS)c2)n1. The first-order valence-corrected chi connectivity index (χ1v) is 7.87. The number of benzene rings is 1. The zero-order valence-electron chi connectivity index (χ0n) is 12.9. The number of nitrogens with one attached hydrogen (secondary N) is 1. The lowest BCUT2D eigenvalue weighted by Gasteiger charge is -2.08. The highest BCUT2D eigenvalue weighted by Crippen LogP contribution is 2.33. The molecule has 4 rings (SSSR count). The van der Waals surface area contributed by atoms with Crippen LogP contribution in [0.25, 0.3) is 22.6 Å². The highest BCUT2D eigenvalue weighted by Gasteiger charge is 2.22. The molecule has 122 valence electrons. The smallest absolute Gasteiger partial charge is 0.242 e. The van der Waals surface area contributed by atoms with Gasteiger partial charge in [0.2, 0.25) is 5.95 Å². The summed E-state index contributed by atoms with van der Waals surface area (Å²) in [5.74, 6) is 1.70. The average molecular weight is 341 g/mol. The van der Waals surface area contributed by atoms with Crippen LogP contribution < -0.4 is 9.50 Å². The summed E-state index contributed by atoms with van der Waals surface area (Å²) >= 11 is 3.94. The van der Waals surface area contributed by atoms with Gasteiger partial charge in [0.15, 0.2) is 5.82 Å². The van der Waals surface area contributed by atoms with Crippen molar-refractivity contribution in [2.24, 2.45) is 7.05 Å². The van der Waals surface area contributed by atoms with E-state index in [1.807, 2.05) is 25.2 Å². The van der Waals surface area contributed by atoms with Crippen molar-refractivity contribution < 1.29 is 4.18 Å². The molecule has 1 aliphatic rings. The van der Waals surface area contributed by atoms with Crippen molar-refractivity contribution in [3.8, 4) is 28.4 Å². The van der Waals surface area contributed by atoms with Gasteiger partial charge >= 0.3 is 0 Å². The zero-order chi connectivity index (χ0) is 16.5. The number of anilines is 1. The second-order valence-electron chi connectivity index (χ2n) is 5.63. The Morgan fingerprint density at radius 1 is 1.25 bits per heavy atom. The third-order valence-corrected chi connectivity index (χ3v) is 3.88. The van der Waals surface area contributed by atoms with Gasteiger partial charge in [0.05, 0.1) is 6.20 Å². The molecule has 9 heteroatoms. The molecular formula is C15H15N7OS. The Morgan fingerprint density at radius 3 is 2.75 bits per heavy atom. The van der Waals surface area contributed by atoms with Crippen molar-refractivity contribution in [1.29, 1.82) is 0 Å². The first-order chi connectivity index (χ1) is 11.7. The van der Waals surface area contributed by atoms with E-state index in [1.165, 1.54) is 0 Å². The number of hydrogen-bond acceptors (Lipinski definition) is 8. The van der Waals surface area contributed by atoms with Crippen LogP contribution in [0.1, 0.15) is 12.8 Å². The lowest BCUT2D eigenvalue weighted by atomic mass is 10.1. The maximum Gasteiger partial charge on any atom is 0.242 e. The summed E-state index contributed by atoms with van der Waals surface area (Å²) in [5, 5.41) is 15.8. The molecule has 0 bridgehead atoms. The monoisotopic (exact) mass is 341 g/mol. The molecule has 1 aliphatic carbocycles. The molecule has 1 fully saturated rings. The van der Waals surface area contributed by atoms with Crippen LogP contribution in [-0.2, 0) is 7.05 Å². The number of nitrogens with zero attached hydrogens (tertiary/aromatic N) is 6. The van der Waals surface area contributed by atoms with Gasteiger partial charge in [-0.3, -0.25) is 4.68 Å². The van der Waals surface area contributed by atoms with E-state index < -0.39 is 0 Å². The molecule has 1 saturated carbocycles. The zero-order valence-corrected chi connectivity index (χ0v) is 13.8. The molecule has 24 heavy (non-hydrogen) atoms. The van der Waals surface area contributed by atoms with Gasteiger partial charge in [-0.1, -0.05) is 6.07 Å². The fraction of sp³-hybridized carbons (Fsp3) is 0.267. The summed E-state index contributed by atoms with van der Waals surface area (Å²) in [4.78, 5) is 8.53. The van der Waals surface area contributed by atoms with Crippen LogP contribution in [0.5, 0.6) is 5.75 Å².